The minimum absolute atomic E-state index is 1.05. The van der Waals surface area contributed by atoms with E-state index < -0.39 is 0 Å². The van der Waals surface area contributed by atoms with E-state index in [1.165, 1.54) is 21.4 Å². The van der Waals surface area contributed by atoms with Crippen LogP contribution in [-0.4, -0.2) is 6.54 Å². The van der Waals surface area contributed by atoms with E-state index in [-0.39, 0.29) is 0 Å². The maximum Gasteiger partial charge on any atom is 0.0239 e. The van der Waals surface area contributed by atoms with Gasteiger partial charge in [-0.15, -0.1) is 0 Å². The van der Waals surface area contributed by atoms with Gasteiger partial charge in [-0.3, -0.25) is 4.72 Å². The Labute approximate surface area is 92.6 Å². The molecule has 13 heavy (non-hydrogen) atoms. The Morgan fingerprint density at radius 1 is 1.46 bits per heavy atom. The van der Waals surface area contributed by atoms with Crippen LogP contribution in [0.15, 0.2) is 27.6 Å². The van der Waals surface area contributed by atoms with Gasteiger partial charge in [0.05, 0.1) is 0 Å². The van der Waals surface area contributed by atoms with Crippen LogP contribution in [0.25, 0.3) is 0 Å². The zero-order chi connectivity index (χ0) is 9.68. The Hall–Kier alpha value is 0.01000. The van der Waals surface area contributed by atoms with E-state index in [1.54, 1.807) is 11.9 Å². The fraction of sp³-hybridized carbons (Fsp3) is 0.400. The first-order valence-electron chi connectivity index (χ1n) is 4.40. The van der Waals surface area contributed by atoms with Crippen molar-refractivity contribution in [1.29, 1.82) is 0 Å². The molecule has 0 unspecified atom stereocenters. The van der Waals surface area contributed by atoms with Gasteiger partial charge in [0.1, 0.15) is 0 Å². The van der Waals surface area contributed by atoms with Crippen molar-refractivity contribution in [2.45, 2.75) is 25.2 Å². The van der Waals surface area contributed by atoms with Gasteiger partial charge >= 0.3 is 0 Å². The van der Waals surface area contributed by atoms with Crippen LogP contribution < -0.4 is 4.72 Å². The Bertz CT molecular complexity index is 276. The summed E-state index contributed by atoms with van der Waals surface area (Å²) in [7, 11) is 0. The predicted molar refractivity (Wildman–Crippen MR) is 63.0 cm³/mol. The van der Waals surface area contributed by atoms with Crippen molar-refractivity contribution in [3.05, 3.63) is 28.2 Å². The molecule has 0 aliphatic carbocycles. The van der Waals surface area contributed by atoms with Gasteiger partial charge in [-0.05, 0) is 43.0 Å². The van der Waals surface area contributed by atoms with Crippen LogP contribution in [0.1, 0.15) is 18.9 Å². The van der Waals surface area contributed by atoms with Crippen LogP contribution in [-0.2, 0) is 0 Å². The molecule has 0 saturated carbocycles. The molecule has 0 amide bonds. The van der Waals surface area contributed by atoms with Gasteiger partial charge < -0.3 is 0 Å². The summed E-state index contributed by atoms with van der Waals surface area (Å²) < 4.78 is 4.47. The maximum absolute atomic E-state index is 3.51. The van der Waals surface area contributed by atoms with Crippen molar-refractivity contribution in [3.63, 3.8) is 0 Å². The Morgan fingerprint density at radius 2 is 2.23 bits per heavy atom. The number of benzene rings is 1. The number of hydrogen-bond acceptors (Lipinski definition) is 2. The van der Waals surface area contributed by atoms with Gasteiger partial charge in [0, 0.05) is 15.9 Å². The first-order chi connectivity index (χ1) is 6.24. The number of hydrogen-bond donors (Lipinski definition) is 1. The first-order valence-corrected chi connectivity index (χ1v) is 6.01. The van der Waals surface area contributed by atoms with Gasteiger partial charge in [-0.1, -0.05) is 28.9 Å². The van der Waals surface area contributed by atoms with E-state index >= 15 is 0 Å². The molecule has 1 N–H and O–H groups in total. The summed E-state index contributed by atoms with van der Waals surface area (Å²) in [5.74, 6) is 0. The number of rotatable bonds is 4. The van der Waals surface area contributed by atoms with Crippen molar-refractivity contribution in [3.8, 4) is 0 Å². The lowest BCUT2D eigenvalue weighted by Gasteiger charge is -2.04. The number of aryl methyl sites for hydroxylation is 1. The van der Waals surface area contributed by atoms with E-state index in [4.69, 9.17) is 0 Å². The lowest BCUT2D eigenvalue weighted by atomic mass is 10.2. The van der Waals surface area contributed by atoms with Crippen molar-refractivity contribution < 1.29 is 0 Å². The van der Waals surface area contributed by atoms with E-state index in [0.717, 1.165) is 6.54 Å². The molecule has 3 heteroatoms. The van der Waals surface area contributed by atoms with Gasteiger partial charge in [0.25, 0.3) is 0 Å². The quantitative estimate of drug-likeness (QED) is 0.653. The fourth-order valence-corrected chi connectivity index (χ4v) is 2.19. The molecule has 0 spiro atoms. The molecule has 72 valence electrons. The van der Waals surface area contributed by atoms with Gasteiger partial charge in [-0.25, -0.2) is 0 Å². The Balaban J connectivity index is 2.53. The molecular weight excluding hydrogens is 246 g/mol. The highest BCUT2D eigenvalue weighted by molar-refractivity contribution is 9.10. The van der Waals surface area contributed by atoms with Crippen LogP contribution in [0.5, 0.6) is 0 Å². The van der Waals surface area contributed by atoms with Crippen molar-refractivity contribution in [2.75, 3.05) is 6.54 Å². The van der Waals surface area contributed by atoms with Crippen LogP contribution in [0.2, 0.25) is 0 Å². The predicted octanol–water partition coefficient (Wildman–Crippen LogP) is 3.76. The Morgan fingerprint density at radius 3 is 2.85 bits per heavy atom. The van der Waals surface area contributed by atoms with E-state index in [2.05, 4.69) is 52.7 Å². The fourth-order valence-electron chi connectivity index (χ4n) is 0.873. The number of nitrogens with one attached hydrogen (secondary N) is 1. The highest BCUT2D eigenvalue weighted by Crippen LogP contribution is 2.22. The van der Waals surface area contributed by atoms with Crippen LogP contribution in [0, 0.1) is 6.92 Å². The summed E-state index contributed by atoms with van der Waals surface area (Å²) in [5, 5.41) is 0. The van der Waals surface area contributed by atoms with Crippen LogP contribution in [0.3, 0.4) is 0 Å². The van der Waals surface area contributed by atoms with E-state index in [9.17, 15) is 0 Å². The average Bonchev–Trinajstić information content (AvgIpc) is 2.12. The summed E-state index contributed by atoms with van der Waals surface area (Å²) in [5.41, 5.74) is 1.28. The summed E-state index contributed by atoms with van der Waals surface area (Å²) in [6.45, 7) is 5.31. The van der Waals surface area contributed by atoms with Gasteiger partial charge in [0.2, 0.25) is 0 Å². The molecule has 1 nitrogen and oxygen atoms in total. The summed E-state index contributed by atoms with van der Waals surface area (Å²) in [4.78, 5) is 1.26. The van der Waals surface area contributed by atoms with Crippen molar-refractivity contribution in [1.82, 2.24) is 4.72 Å². The third kappa shape index (κ3) is 3.71. The molecule has 1 aromatic carbocycles. The largest absolute Gasteiger partial charge is 0.260 e. The second kappa shape index (κ2) is 5.68. The summed E-state index contributed by atoms with van der Waals surface area (Å²) in [6, 6.07) is 6.40. The molecule has 0 aliphatic rings. The van der Waals surface area contributed by atoms with E-state index in [0.29, 0.717) is 0 Å². The zero-order valence-corrected chi connectivity index (χ0v) is 10.3. The molecular formula is C10H14BrNS. The molecule has 0 heterocycles. The van der Waals surface area contributed by atoms with Crippen molar-refractivity contribution >= 4 is 27.9 Å². The van der Waals surface area contributed by atoms with Crippen LogP contribution in [0.4, 0.5) is 0 Å². The third-order valence-electron chi connectivity index (χ3n) is 1.69. The topological polar surface area (TPSA) is 12.0 Å². The second-order valence-electron chi connectivity index (χ2n) is 2.91. The minimum Gasteiger partial charge on any atom is -0.260 e. The highest BCUT2D eigenvalue weighted by Gasteiger charge is 1.97. The minimum atomic E-state index is 1.05. The SMILES string of the molecule is CCCNSc1ccc(C)c(Br)c1. The number of halogens is 1. The summed E-state index contributed by atoms with van der Waals surface area (Å²) in [6.07, 6.45) is 1.17. The molecule has 1 rings (SSSR count). The molecule has 0 fully saturated rings. The molecule has 0 bridgehead atoms. The van der Waals surface area contributed by atoms with Gasteiger partial charge in [0.15, 0.2) is 0 Å². The lowest BCUT2D eigenvalue weighted by Crippen LogP contribution is -2.03. The highest BCUT2D eigenvalue weighted by atomic mass is 79.9. The normalized spacial score (nSPS) is 10.4. The standard InChI is InChI=1S/C10H14BrNS/c1-3-6-12-13-9-5-4-8(2)10(11)7-9/h4-5,7,12H,3,6H2,1-2H3. The lowest BCUT2D eigenvalue weighted by molar-refractivity contribution is 0.877. The molecule has 0 radical (unpaired) electrons. The molecule has 1 aromatic rings. The second-order valence-corrected chi connectivity index (χ2v) is 4.73. The Kier molecular flexibility index (Phi) is 4.84. The molecule has 0 aromatic heterocycles. The van der Waals surface area contributed by atoms with Crippen LogP contribution >= 0.6 is 27.9 Å². The monoisotopic (exact) mass is 259 g/mol. The molecule has 0 saturated heterocycles. The average molecular weight is 260 g/mol. The first kappa shape index (κ1) is 11.1. The van der Waals surface area contributed by atoms with Gasteiger partial charge in [-0.2, -0.15) is 0 Å². The zero-order valence-electron chi connectivity index (χ0n) is 7.93. The molecule has 0 atom stereocenters. The summed E-state index contributed by atoms with van der Waals surface area (Å²) >= 11 is 5.20. The van der Waals surface area contributed by atoms with E-state index in [1.807, 2.05) is 0 Å². The smallest absolute Gasteiger partial charge is 0.0239 e. The van der Waals surface area contributed by atoms with Crippen molar-refractivity contribution in [2.24, 2.45) is 0 Å². The third-order valence-corrected chi connectivity index (χ3v) is 3.38. The maximum atomic E-state index is 3.51. The molecule has 0 aliphatic heterocycles.